The predicted molar refractivity (Wildman–Crippen MR) is 84.2 cm³/mol. The number of hydrogen-bond donors (Lipinski definition) is 1. The maximum atomic E-state index is 12.8. The molecule has 4 nitrogen and oxygen atoms in total. The van der Waals surface area contributed by atoms with Crippen molar-refractivity contribution in [1.29, 1.82) is 0 Å². The van der Waals surface area contributed by atoms with Crippen molar-refractivity contribution >= 4 is 16.8 Å². The number of likely N-dealkylation sites (tertiary alicyclic amines) is 1. The summed E-state index contributed by atoms with van der Waals surface area (Å²) in [4.78, 5) is 19.3. The fourth-order valence-corrected chi connectivity index (χ4v) is 2.95. The Bertz CT molecular complexity index is 697. The average Bonchev–Trinajstić information content (AvgIpc) is 2.89. The van der Waals surface area contributed by atoms with Gasteiger partial charge in [0.25, 0.3) is 5.91 Å². The first-order valence-corrected chi connectivity index (χ1v) is 7.38. The summed E-state index contributed by atoms with van der Waals surface area (Å²) in [5.74, 6) is 0.0656. The van der Waals surface area contributed by atoms with Gasteiger partial charge in [-0.25, -0.2) is 0 Å². The zero-order chi connectivity index (χ0) is 15.0. The Kier molecular flexibility index (Phi) is 3.41. The van der Waals surface area contributed by atoms with Gasteiger partial charge in [0.2, 0.25) is 0 Å². The first kappa shape index (κ1) is 14.0. The molecule has 1 aromatic heterocycles. The van der Waals surface area contributed by atoms with E-state index >= 15 is 0 Å². The Morgan fingerprint density at radius 3 is 2.90 bits per heavy atom. The molecule has 0 spiro atoms. The molecule has 2 aromatic rings. The number of carbonyl (C=O) groups excluding carboxylic acids is 1. The lowest BCUT2D eigenvalue weighted by Gasteiger charge is -2.22. The predicted octanol–water partition coefficient (Wildman–Crippen LogP) is 2.35. The van der Waals surface area contributed by atoms with Gasteiger partial charge in [0, 0.05) is 24.2 Å². The molecule has 4 heteroatoms. The maximum Gasteiger partial charge on any atom is 0.256 e. The Morgan fingerprint density at radius 1 is 1.38 bits per heavy atom. The Labute approximate surface area is 125 Å². The molecule has 1 atom stereocenters. The molecule has 21 heavy (non-hydrogen) atoms. The highest BCUT2D eigenvalue weighted by Gasteiger charge is 2.35. The smallest absolute Gasteiger partial charge is 0.256 e. The fraction of sp³-hybridized carbons (Fsp3) is 0.412. The van der Waals surface area contributed by atoms with Gasteiger partial charge in [0.15, 0.2) is 0 Å². The topological polar surface area (TPSA) is 59.2 Å². The van der Waals surface area contributed by atoms with Gasteiger partial charge < -0.3 is 10.6 Å². The van der Waals surface area contributed by atoms with E-state index in [9.17, 15) is 4.79 Å². The van der Waals surface area contributed by atoms with Gasteiger partial charge in [-0.05, 0) is 37.4 Å². The minimum absolute atomic E-state index is 0.0452. The van der Waals surface area contributed by atoms with Gasteiger partial charge in [0.05, 0.1) is 11.1 Å². The Morgan fingerprint density at radius 2 is 2.19 bits per heavy atom. The molecular weight excluding hydrogens is 262 g/mol. The number of fused-ring (bicyclic) bond motifs is 1. The lowest BCUT2D eigenvalue weighted by molar-refractivity contribution is 0.0778. The second-order valence-electron chi connectivity index (χ2n) is 6.32. The van der Waals surface area contributed by atoms with Crippen LogP contribution in [0.2, 0.25) is 0 Å². The number of aryl methyl sites for hydroxylation is 1. The lowest BCUT2D eigenvalue weighted by atomic mass is 9.90. The molecule has 0 aliphatic carbocycles. The quantitative estimate of drug-likeness (QED) is 0.920. The molecule has 1 aromatic carbocycles. The summed E-state index contributed by atoms with van der Waals surface area (Å²) in [7, 11) is 0. The monoisotopic (exact) mass is 283 g/mol. The maximum absolute atomic E-state index is 12.8. The third-order valence-electron chi connectivity index (χ3n) is 4.43. The van der Waals surface area contributed by atoms with Gasteiger partial charge in [0.1, 0.15) is 0 Å². The number of amides is 1. The van der Waals surface area contributed by atoms with E-state index in [1.54, 1.807) is 0 Å². The van der Waals surface area contributed by atoms with Crippen LogP contribution in [0.25, 0.3) is 10.9 Å². The largest absolute Gasteiger partial charge is 0.338 e. The molecule has 0 bridgehead atoms. The van der Waals surface area contributed by atoms with Crippen molar-refractivity contribution in [2.45, 2.75) is 20.3 Å². The van der Waals surface area contributed by atoms with Gasteiger partial charge >= 0.3 is 0 Å². The first-order valence-electron chi connectivity index (χ1n) is 7.38. The van der Waals surface area contributed by atoms with Gasteiger partial charge in [-0.15, -0.1) is 0 Å². The van der Waals surface area contributed by atoms with E-state index in [1.807, 2.05) is 42.2 Å². The van der Waals surface area contributed by atoms with Crippen molar-refractivity contribution in [2.24, 2.45) is 11.1 Å². The van der Waals surface area contributed by atoms with E-state index in [0.29, 0.717) is 12.1 Å². The third kappa shape index (κ3) is 2.51. The number of aromatic nitrogens is 1. The van der Waals surface area contributed by atoms with Crippen LogP contribution in [0.1, 0.15) is 29.4 Å². The highest BCUT2D eigenvalue weighted by molar-refractivity contribution is 6.05. The van der Waals surface area contributed by atoms with Gasteiger partial charge in [-0.2, -0.15) is 0 Å². The second kappa shape index (κ2) is 5.11. The molecular formula is C17H21N3O. The zero-order valence-corrected chi connectivity index (χ0v) is 12.6. The van der Waals surface area contributed by atoms with Crippen molar-refractivity contribution in [2.75, 3.05) is 19.6 Å². The number of nitrogens with zero attached hydrogens (tertiary/aromatic N) is 2. The van der Waals surface area contributed by atoms with Crippen LogP contribution in [-0.4, -0.2) is 35.4 Å². The van der Waals surface area contributed by atoms with Crippen molar-refractivity contribution in [3.63, 3.8) is 0 Å². The van der Waals surface area contributed by atoms with Crippen LogP contribution >= 0.6 is 0 Å². The Hall–Kier alpha value is -1.94. The number of nitrogens with two attached hydrogens (primary N) is 1. The third-order valence-corrected chi connectivity index (χ3v) is 4.43. The van der Waals surface area contributed by atoms with Crippen LogP contribution in [0.4, 0.5) is 0 Å². The molecule has 0 saturated carbocycles. The molecule has 1 fully saturated rings. The van der Waals surface area contributed by atoms with Crippen molar-refractivity contribution in [1.82, 2.24) is 9.88 Å². The highest BCUT2D eigenvalue weighted by atomic mass is 16.2. The molecule has 0 radical (unpaired) electrons. The standard InChI is InChI=1S/C17H21N3O/c1-12-6-7-13-4-3-5-14(15(13)19-12)16(21)20-9-8-17(2,10-18)11-20/h3-7H,8-11,18H2,1-2H3. The van der Waals surface area contributed by atoms with Crippen LogP contribution in [0.5, 0.6) is 0 Å². The first-order chi connectivity index (χ1) is 10.0. The molecule has 3 rings (SSSR count). The number of rotatable bonds is 2. The Balaban J connectivity index is 1.97. The molecule has 110 valence electrons. The van der Waals surface area contributed by atoms with Gasteiger partial charge in [-0.1, -0.05) is 25.1 Å². The summed E-state index contributed by atoms with van der Waals surface area (Å²) in [6, 6.07) is 9.77. The molecule has 2 N–H and O–H groups in total. The summed E-state index contributed by atoms with van der Waals surface area (Å²) in [5.41, 5.74) is 8.29. The SMILES string of the molecule is Cc1ccc2cccc(C(=O)N3CCC(C)(CN)C3)c2n1. The van der Waals surface area contributed by atoms with E-state index in [4.69, 9.17) is 5.73 Å². The normalized spacial score (nSPS) is 22.0. The summed E-state index contributed by atoms with van der Waals surface area (Å²) in [5, 5.41) is 1.01. The van der Waals surface area contributed by atoms with E-state index in [0.717, 1.165) is 36.1 Å². The minimum atomic E-state index is 0.0452. The van der Waals surface area contributed by atoms with Crippen LogP contribution in [0, 0.1) is 12.3 Å². The molecule has 1 saturated heterocycles. The molecule has 1 aliphatic heterocycles. The number of pyridine rings is 1. The van der Waals surface area contributed by atoms with Crippen molar-refractivity contribution in [3.05, 3.63) is 41.6 Å². The van der Waals surface area contributed by atoms with Crippen molar-refractivity contribution in [3.8, 4) is 0 Å². The van der Waals surface area contributed by atoms with E-state index in [-0.39, 0.29) is 11.3 Å². The minimum Gasteiger partial charge on any atom is -0.338 e. The van der Waals surface area contributed by atoms with Gasteiger partial charge in [-0.3, -0.25) is 9.78 Å². The number of para-hydroxylation sites is 1. The number of hydrogen-bond acceptors (Lipinski definition) is 3. The zero-order valence-electron chi connectivity index (χ0n) is 12.6. The molecule has 1 unspecified atom stereocenters. The summed E-state index contributed by atoms with van der Waals surface area (Å²) >= 11 is 0. The summed E-state index contributed by atoms with van der Waals surface area (Å²) in [6.45, 7) is 6.21. The number of carbonyl (C=O) groups is 1. The average molecular weight is 283 g/mol. The summed E-state index contributed by atoms with van der Waals surface area (Å²) < 4.78 is 0. The fourth-order valence-electron chi connectivity index (χ4n) is 2.95. The van der Waals surface area contributed by atoms with E-state index < -0.39 is 0 Å². The molecule has 2 heterocycles. The molecule has 1 aliphatic rings. The summed E-state index contributed by atoms with van der Waals surface area (Å²) in [6.07, 6.45) is 0.965. The van der Waals surface area contributed by atoms with E-state index in [1.165, 1.54) is 0 Å². The van der Waals surface area contributed by atoms with Crippen LogP contribution in [0.15, 0.2) is 30.3 Å². The van der Waals surface area contributed by atoms with E-state index in [2.05, 4.69) is 11.9 Å². The molecule has 1 amide bonds. The second-order valence-corrected chi connectivity index (χ2v) is 6.32. The highest BCUT2D eigenvalue weighted by Crippen LogP contribution is 2.30. The number of benzene rings is 1. The van der Waals surface area contributed by atoms with Crippen molar-refractivity contribution < 1.29 is 4.79 Å². The lowest BCUT2D eigenvalue weighted by Crippen LogP contribution is -2.34. The van der Waals surface area contributed by atoms with Crippen LogP contribution in [-0.2, 0) is 0 Å². The van der Waals surface area contributed by atoms with Crippen LogP contribution in [0.3, 0.4) is 0 Å². The van der Waals surface area contributed by atoms with Crippen LogP contribution < -0.4 is 5.73 Å².